The summed E-state index contributed by atoms with van der Waals surface area (Å²) in [6.07, 6.45) is 0. The van der Waals surface area contributed by atoms with E-state index >= 15 is 0 Å². The number of hydrogen-bond acceptors (Lipinski definition) is 6. The molecule has 0 fully saturated rings. The highest BCUT2D eigenvalue weighted by molar-refractivity contribution is 6.32. The zero-order valence-electron chi connectivity index (χ0n) is 14.0. The highest BCUT2D eigenvalue weighted by Crippen LogP contribution is 2.27. The summed E-state index contributed by atoms with van der Waals surface area (Å²) in [7, 11) is 0. The maximum absolute atomic E-state index is 11.8. The monoisotopic (exact) mass is 412 g/mol. The Kier molecular flexibility index (Phi) is 6.98. The molecule has 0 heterocycles. The van der Waals surface area contributed by atoms with E-state index in [0.717, 1.165) is 11.6 Å². The van der Waals surface area contributed by atoms with Crippen LogP contribution in [-0.2, 0) is 14.3 Å². The number of carbonyl (C=O) groups excluding carboxylic acids is 2. The number of amides is 1. The normalized spacial score (nSPS) is 10.2. The summed E-state index contributed by atoms with van der Waals surface area (Å²) < 4.78 is 10.1. The van der Waals surface area contributed by atoms with Gasteiger partial charge in [-0.2, -0.15) is 0 Å². The molecule has 2 aromatic rings. The number of ether oxygens (including phenoxy) is 2. The second-order valence-electron chi connectivity index (χ2n) is 5.33. The molecule has 0 saturated heterocycles. The molecular weight excluding hydrogens is 399 g/mol. The molecule has 142 valence electrons. The summed E-state index contributed by atoms with van der Waals surface area (Å²) in [5, 5.41) is 13.7. The number of nitro groups is 1. The quantitative estimate of drug-likeness (QED) is 0.421. The van der Waals surface area contributed by atoms with E-state index in [1.54, 1.807) is 25.1 Å². The van der Waals surface area contributed by atoms with Crippen LogP contribution in [0.3, 0.4) is 0 Å². The minimum Gasteiger partial charge on any atom is -0.482 e. The number of carbonyl (C=O) groups is 2. The van der Waals surface area contributed by atoms with Crippen molar-refractivity contribution in [1.82, 2.24) is 0 Å². The van der Waals surface area contributed by atoms with Crippen LogP contribution < -0.4 is 10.1 Å². The highest BCUT2D eigenvalue weighted by atomic mass is 35.5. The Hall–Kier alpha value is -2.84. The molecule has 27 heavy (non-hydrogen) atoms. The van der Waals surface area contributed by atoms with E-state index < -0.39 is 23.4 Å². The summed E-state index contributed by atoms with van der Waals surface area (Å²) in [5.74, 6) is -0.946. The van der Waals surface area contributed by atoms with Crippen molar-refractivity contribution in [1.29, 1.82) is 0 Å². The smallest absolute Gasteiger partial charge is 0.344 e. The Morgan fingerprint density at radius 3 is 2.56 bits per heavy atom. The number of nitrogens with zero attached hydrogens (tertiary/aromatic N) is 1. The minimum absolute atomic E-state index is 0.0564. The van der Waals surface area contributed by atoms with E-state index in [0.29, 0.717) is 10.8 Å². The molecule has 0 saturated carbocycles. The largest absolute Gasteiger partial charge is 0.482 e. The summed E-state index contributed by atoms with van der Waals surface area (Å²) in [4.78, 5) is 33.6. The van der Waals surface area contributed by atoms with Crippen molar-refractivity contribution in [3.63, 3.8) is 0 Å². The van der Waals surface area contributed by atoms with Crippen LogP contribution in [0.25, 0.3) is 0 Å². The molecule has 2 rings (SSSR count). The van der Waals surface area contributed by atoms with Gasteiger partial charge in [0.15, 0.2) is 13.2 Å². The lowest BCUT2D eigenvalue weighted by Crippen LogP contribution is -2.23. The molecule has 0 aliphatic rings. The number of rotatable bonds is 7. The van der Waals surface area contributed by atoms with Crippen LogP contribution in [0, 0.1) is 17.0 Å². The van der Waals surface area contributed by atoms with E-state index in [4.69, 9.17) is 32.7 Å². The molecule has 0 atom stereocenters. The third-order valence-electron chi connectivity index (χ3n) is 3.27. The van der Waals surface area contributed by atoms with Gasteiger partial charge in [-0.25, -0.2) is 4.79 Å². The van der Waals surface area contributed by atoms with Gasteiger partial charge in [-0.05, 0) is 42.8 Å². The van der Waals surface area contributed by atoms with Gasteiger partial charge in [0.2, 0.25) is 0 Å². The SMILES string of the molecule is Cc1cc(Cl)ccc1OCC(=O)OCC(=O)Nc1ccc(Cl)c([N+](=O)[O-])c1. The maximum atomic E-state index is 11.8. The zero-order chi connectivity index (χ0) is 20.0. The molecule has 0 spiro atoms. The highest BCUT2D eigenvalue weighted by Gasteiger charge is 2.15. The summed E-state index contributed by atoms with van der Waals surface area (Å²) in [6, 6.07) is 8.69. The fraction of sp³-hybridized carbons (Fsp3) is 0.176. The van der Waals surface area contributed by atoms with Crippen molar-refractivity contribution in [2.45, 2.75) is 6.92 Å². The van der Waals surface area contributed by atoms with Crippen LogP contribution in [0.2, 0.25) is 10.0 Å². The molecule has 1 amide bonds. The predicted molar refractivity (Wildman–Crippen MR) is 99.4 cm³/mol. The molecule has 8 nitrogen and oxygen atoms in total. The van der Waals surface area contributed by atoms with Crippen molar-refractivity contribution in [3.8, 4) is 5.75 Å². The molecule has 0 radical (unpaired) electrons. The van der Waals surface area contributed by atoms with Gasteiger partial charge in [0, 0.05) is 16.8 Å². The lowest BCUT2D eigenvalue weighted by molar-refractivity contribution is -0.384. The topological polar surface area (TPSA) is 108 Å². The van der Waals surface area contributed by atoms with Gasteiger partial charge in [-0.15, -0.1) is 0 Å². The Morgan fingerprint density at radius 1 is 1.15 bits per heavy atom. The van der Waals surface area contributed by atoms with Crippen LogP contribution >= 0.6 is 23.2 Å². The van der Waals surface area contributed by atoms with Crippen molar-refractivity contribution in [2.24, 2.45) is 0 Å². The fourth-order valence-corrected chi connectivity index (χ4v) is 2.44. The first kappa shape index (κ1) is 20.5. The molecular formula is C17H14Cl2N2O6. The molecule has 10 heteroatoms. The van der Waals surface area contributed by atoms with E-state index in [-0.39, 0.29) is 23.0 Å². The van der Waals surface area contributed by atoms with Crippen molar-refractivity contribution in [3.05, 3.63) is 62.1 Å². The van der Waals surface area contributed by atoms with Crippen LogP contribution in [0.5, 0.6) is 5.75 Å². The third kappa shape index (κ3) is 6.12. The van der Waals surface area contributed by atoms with Crippen LogP contribution in [-0.4, -0.2) is 30.0 Å². The maximum Gasteiger partial charge on any atom is 0.344 e. The van der Waals surface area contributed by atoms with Crippen molar-refractivity contribution in [2.75, 3.05) is 18.5 Å². The lowest BCUT2D eigenvalue weighted by Gasteiger charge is -2.10. The van der Waals surface area contributed by atoms with E-state index in [9.17, 15) is 19.7 Å². The Morgan fingerprint density at radius 2 is 1.89 bits per heavy atom. The molecule has 2 aromatic carbocycles. The van der Waals surface area contributed by atoms with Gasteiger partial charge >= 0.3 is 5.97 Å². The van der Waals surface area contributed by atoms with E-state index in [1.165, 1.54) is 12.1 Å². The molecule has 0 bridgehead atoms. The average Bonchev–Trinajstić information content (AvgIpc) is 2.60. The Balaban J connectivity index is 1.82. The summed E-state index contributed by atoms with van der Waals surface area (Å²) in [5.41, 5.74) is 0.552. The molecule has 0 aliphatic heterocycles. The number of aryl methyl sites for hydroxylation is 1. The van der Waals surface area contributed by atoms with Crippen LogP contribution in [0.4, 0.5) is 11.4 Å². The number of nitro benzene ring substituents is 1. The molecule has 1 N–H and O–H groups in total. The van der Waals surface area contributed by atoms with E-state index in [1.807, 2.05) is 0 Å². The van der Waals surface area contributed by atoms with Gasteiger partial charge in [0.1, 0.15) is 10.8 Å². The number of esters is 1. The molecule has 0 aromatic heterocycles. The number of nitrogens with one attached hydrogen (secondary N) is 1. The Bertz CT molecular complexity index is 888. The first-order valence-electron chi connectivity index (χ1n) is 7.54. The van der Waals surface area contributed by atoms with Gasteiger partial charge in [0.05, 0.1) is 4.92 Å². The van der Waals surface area contributed by atoms with Gasteiger partial charge in [-0.3, -0.25) is 14.9 Å². The fourth-order valence-electron chi connectivity index (χ4n) is 2.03. The number of hydrogen-bond donors (Lipinski definition) is 1. The average molecular weight is 413 g/mol. The summed E-state index contributed by atoms with van der Waals surface area (Å²) in [6.45, 7) is 0.811. The summed E-state index contributed by atoms with van der Waals surface area (Å²) >= 11 is 11.5. The number of halogens is 2. The molecule has 0 aliphatic carbocycles. The van der Waals surface area contributed by atoms with E-state index in [2.05, 4.69) is 5.32 Å². The van der Waals surface area contributed by atoms with Gasteiger partial charge in [-0.1, -0.05) is 23.2 Å². The van der Waals surface area contributed by atoms with Crippen LogP contribution in [0.1, 0.15) is 5.56 Å². The lowest BCUT2D eigenvalue weighted by atomic mass is 10.2. The minimum atomic E-state index is -0.749. The first-order chi connectivity index (χ1) is 12.8. The number of anilines is 1. The standard InChI is InChI=1S/C17H14Cl2N2O6/c1-10-6-11(18)2-5-15(10)26-9-17(23)27-8-16(22)20-12-3-4-13(19)14(7-12)21(24)25/h2-7H,8-9H2,1H3,(H,20,22). The van der Waals surface area contributed by atoms with Crippen molar-refractivity contribution < 1.29 is 24.0 Å². The Labute approximate surface area is 164 Å². The second kappa shape index (κ2) is 9.20. The van der Waals surface area contributed by atoms with Gasteiger partial charge < -0.3 is 14.8 Å². The molecule has 0 unspecified atom stereocenters. The zero-order valence-corrected chi connectivity index (χ0v) is 15.5. The first-order valence-corrected chi connectivity index (χ1v) is 8.30. The number of benzene rings is 2. The third-order valence-corrected chi connectivity index (χ3v) is 3.83. The van der Waals surface area contributed by atoms with Gasteiger partial charge in [0.25, 0.3) is 11.6 Å². The van der Waals surface area contributed by atoms with Crippen molar-refractivity contribution >= 4 is 46.5 Å². The second-order valence-corrected chi connectivity index (χ2v) is 6.17. The predicted octanol–water partition coefficient (Wildman–Crippen LogP) is 3.77. The van der Waals surface area contributed by atoms with Crippen LogP contribution in [0.15, 0.2) is 36.4 Å².